The van der Waals surface area contributed by atoms with E-state index in [2.05, 4.69) is 17.6 Å². The van der Waals surface area contributed by atoms with Crippen molar-refractivity contribution in [1.29, 1.82) is 0 Å². The van der Waals surface area contributed by atoms with E-state index in [4.69, 9.17) is 0 Å². The molecule has 1 rings (SSSR count). The van der Waals surface area contributed by atoms with E-state index in [1.54, 1.807) is 13.0 Å². The molecule has 0 amide bonds. The van der Waals surface area contributed by atoms with E-state index in [0.717, 1.165) is 17.9 Å². The number of pyridine rings is 1. The zero-order valence-corrected chi connectivity index (χ0v) is 9.28. The van der Waals surface area contributed by atoms with Crippen molar-refractivity contribution in [3.8, 4) is 0 Å². The van der Waals surface area contributed by atoms with Crippen LogP contribution in [0.3, 0.4) is 0 Å². The highest BCUT2D eigenvalue weighted by Crippen LogP contribution is 2.16. The first-order valence-corrected chi connectivity index (χ1v) is 5.18. The van der Waals surface area contributed by atoms with Crippen LogP contribution in [0.4, 0.5) is 5.69 Å². The summed E-state index contributed by atoms with van der Waals surface area (Å²) < 4.78 is 0. The molecule has 0 aliphatic carbocycles. The average Bonchev–Trinajstić information content (AvgIpc) is 2.17. The first kappa shape index (κ1) is 11.7. The van der Waals surface area contributed by atoms with E-state index in [-0.39, 0.29) is 5.69 Å². The third-order valence-electron chi connectivity index (χ3n) is 1.86. The third kappa shape index (κ3) is 3.36. The molecule has 0 unspecified atom stereocenters. The van der Waals surface area contributed by atoms with E-state index in [1.165, 1.54) is 6.07 Å². The topological polar surface area (TPSA) is 56.0 Å². The van der Waals surface area contributed by atoms with Gasteiger partial charge in [-0.1, -0.05) is 6.08 Å². The van der Waals surface area contributed by atoms with Crippen LogP contribution in [0.15, 0.2) is 18.2 Å². The Morgan fingerprint density at radius 1 is 1.60 bits per heavy atom. The molecule has 15 heavy (non-hydrogen) atoms. The molecule has 4 nitrogen and oxygen atoms in total. The Kier molecular flexibility index (Phi) is 4.30. The van der Waals surface area contributed by atoms with Crippen molar-refractivity contribution in [2.75, 3.05) is 5.75 Å². The summed E-state index contributed by atoms with van der Waals surface area (Å²) >= 11 is 4.07. The molecule has 0 N–H and O–H groups in total. The number of allylic oxidation sites excluding steroid dienone is 1. The van der Waals surface area contributed by atoms with Gasteiger partial charge in [-0.3, -0.25) is 10.1 Å². The third-order valence-corrected chi connectivity index (χ3v) is 2.12. The summed E-state index contributed by atoms with van der Waals surface area (Å²) in [5, 5.41) is 10.5. The quantitative estimate of drug-likeness (QED) is 0.486. The minimum absolute atomic E-state index is 0.0568. The first-order valence-electron chi connectivity index (χ1n) is 4.54. The lowest BCUT2D eigenvalue weighted by molar-refractivity contribution is -0.385. The summed E-state index contributed by atoms with van der Waals surface area (Å²) in [6, 6.07) is 3.11. The van der Waals surface area contributed by atoms with Crippen LogP contribution < -0.4 is 0 Å². The highest BCUT2D eigenvalue weighted by Gasteiger charge is 2.10. The summed E-state index contributed by atoms with van der Waals surface area (Å²) in [4.78, 5) is 14.2. The van der Waals surface area contributed by atoms with Gasteiger partial charge >= 0.3 is 0 Å². The Morgan fingerprint density at radius 2 is 2.33 bits per heavy atom. The van der Waals surface area contributed by atoms with Gasteiger partial charge in [0.05, 0.1) is 10.6 Å². The number of hydrogen-bond acceptors (Lipinski definition) is 4. The second kappa shape index (κ2) is 5.50. The molecule has 0 spiro atoms. The van der Waals surface area contributed by atoms with Gasteiger partial charge in [0.25, 0.3) is 5.69 Å². The number of thiol groups is 1. The number of rotatable bonds is 4. The highest BCUT2D eigenvalue weighted by molar-refractivity contribution is 7.80. The fourth-order valence-electron chi connectivity index (χ4n) is 1.14. The molecule has 5 heteroatoms. The Bertz CT molecular complexity index is 391. The second-order valence-corrected chi connectivity index (χ2v) is 3.46. The van der Waals surface area contributed by atoms with Gasteiger partial charge in [0.2, 0.25) is 0 Å². The van der Waals surface area contributed by atoms with Crippen LogP contribution in [0.1, 0.15) is 17.8 Å². The van der Waals surface area contributed by atoms with Crippen LogP contribution >= 0.6 is 12.6 Å². The Morgan fingerprint density at radius 3 is 2.87 bits per heavy atom. The Balaban J connectivity index is 2.87. The van der Waals surface area contributed by atoms with E-state index in [1.807, 2.05) is 12.2 Å². The lowest BCUT2D eigenvalue weighted by Gasteiger charge is -1.97. The van der Waals surface area contributed by atoms with Crippen LogP contribution in [-0.4, -0.2) is 15.7 Å². The van der Waals surface area contributed by atoms with Crippen molar-refractivity contribution in [2.24, 2.45) is 0 Å². The van der Waals surface area contributed by atoms with Gasteiger partial charge in [0.15, 0.2) is 0 Å². The molecule has 1 aromatic rings. The Hall–Kier alpha value is -1.36. The molecule has 0 atom stereocenters. The summed E-state index contributed by atoms with van der Waals surface area (Å²) in [6.07, 6.45) is 4.65. The predicted octanol–water partition coefficient (Wildman–Crippen LogP) is 2.63. The van der Waals surface area contributed by atoms with Crippen LogP contribution in [0.2, 0.25) is 0 Å². The summed E-state index contributed by atoms with van der Waals surface area (Å²) in [5.41, 5.74) is 1.23. The predicted molar refractivity (Wildman–Crippen MR) is 63.1 cm³/mol. The molecule has 80 valence electrons. The van der Waals surface area contributed by atoms with Gasteiger partial charge in [0.1, 0.15) is 5.69 Å². The normalized spacial score (nSPS) is 10.8. The van der Waals surface area contributed by atoms with Gasteiger partial charge in [-0.25, -0.2) is 4.98 Å². The zero-order valence-electron chi connectivity index (χ0n) is 8.38. The van der Waals surface area contributed by atoms with Gasteiger partial charge in [-0.05, 0) is 31.2 Å². The lowest BCUT2D eigenvalue weighted by Crippen LogP contribution is -1.95. The molecule has 0 aliphatic rings. The van der Waals surface area contributed by atoms with Crippen molar-refractivity contribution in [3.63, 3.8) is 0 Å². The number of aromatic nitrogens is 1. The fraction of sp³-hybridized carbons (Fsp3) is 0.300. The van der Waals surface area contributed by atoms with Crippen molar-refractivity contribution in [1.82, 2.24) is 4.98 Å². The molecule has 1 heterocycles. The summed E-state index contributed by atoms with van der Waals surface area (Å²) in [7, 11) is 0. The molecule has 0 fully saturated rings. The van der Waals surface area contributed by atoms with Crippen LogP contribution in [0.25, 0.3) is 6.08 Å². The van der Waals surface area contributed by atoms with E-state index in [0.29, 0.717) is 5.69 Å². The van der Waals surface area contributed by atoms with Crippen molar-refractivity contribution in [3.05, 3.63) is 39.7 Å². The SMILES string of the molecule is Cc1nc(C=CCCS)ccc1[N+](=O)[O-]. The van der Waals surface area contributed by atoms with Crippen LogP contribution in [0.5, 0.6) is 0 Å². The van der Waals surface area contributed by atoms with Crippen LogP contribution in [0, 0.1) is 17.0 Å². The largest absolute Gasteiger partial charge is 0.290 e. The van der Waals surface area contributed by atoms with Gasteiger partial charge in [-0.15, -0.1) is 0 Å². The number of nitro groups is 1. The molecule has 0 radical (unpaired) electrons. The standard InChI is InChI=1S/C10H12N2O2S/c1-8-10(12(13)14)6-5-9(11-8)4-2-3-7-15/h2,4-6,15H,3,7H2,1H3. The number of nitrogens with zero attached hydrogens (tertiary/aromatic N) is 2. The average molecular weight is 224 g/mol. The number of aryl methyl sites for hydroxylation is 1. The molecule has 0 aliphatic heterocycles. The van der Waals surface area contributed by atoms with Gasteiger partial charge in [-0.2, -0.15) is 12.6 Å². The van der Waals surface area contributed by atoms with Crippen molar-refractivity contribution in [2.45, 2.75) is 13.3 Å². The van der Waals surface area contributed by atoms with E-state index < -0.39 is 4.92 Å². The molecular formula is C10H12N2O2S. The maximum atomic E-state index is 10.5. The van der Waals surface area contributed by atoms with E-state index in [9.17, 15) is 10.1 Å². The minimum atomic E-state index is -0.427. The van der Waals surface area contributed by atoms with E-state index >= 15 is 0 Å². The highest BCUT2D eigenvalue weighted by atomic mass is 32.1. The molecule has 0 saturated carbocycles. The van der Waals surface area contributed by atoms with Crippen molar-refractivity contribution >= 4 is 24.4 Å². The maximum absolute atomic E-state index is 10.5. The molecule has 1 aromatic heterocycles. The summed E-state index contributed by atoms with van der Waals surface area (Å²) in [6.45, 7) is 1.63. The van der Waals surface area contributed by atoms with Crippen molar-refractivity contribution < 1.29 is 4.92 Å². The minimum Gasteiger partial charge on any atom is -0.258 e. The molecule has 0 aromatic carbocycles. The number of hydrogen-bond donors (Lipinski definition) is 1. The molecule has 0 bridgehead atoms. The maximum Gasteiger partial charge on any atom is 0.290 e. The Labute approximate surface area is 93.6 Å². The second-order valence-electron chi connectivity index (χ2n) is 3.01. The monoisotopic (exact) mass is 224 g/mol. The molecule has 0 saturated heterocycles. The van der Waals surface area contributed by atoms with Crippen LogP contribution in [-0.2, 0) is 0 Å². The zero-order chi connectivity index (χ0) is 11.3. The molecular weight excluding hydrogens is 212 g/mol. The van der Waals surface area contributed by atoms with Gasteiger partial charge < -0.3 is 0 Å². The lowest BCUT2D eigenvalue weighted by atomic mass is 10.2. The first-order chi connectivity index (χ1) is 7.15. The fourth-order valence-corrected chi connectivity index (χ4v) is 1.29. The van der Waals surface area contributed by atoms with Gasteiger partial charge in [0, 0.05) is 6.07 Å². The summed E-state index contributed by atoms with van der Waals surface area (Å²) in [5.74, 6) is 0.780. The smallest absolute Gasteiger partial charge is 0.258 e.